The average molecular weight is 280 g/mol. The molecule has 0 aliphatic carbocycles. The minimum Gasteiger partial charge on any atom is -0.345 e. The third kappa shape index (κ3) is 3.18. The number of carbonyl (C=O) groups excluding carboxylic acids is 1. The Bertz CT molecular complexity index is 686. The summed E-state index contributed by atoms with van der Waals surface area (Å²) in [5.74, 6) is -0.134. The van der Waals surface area contributed by atoms with Gasteiger partial charge >= 0.3 is 0 Å². The Morgan fingerprint density at radius 2 is 1.76 bits per heavy atom. The van der Waals surface area contributed by atoms with Gasteiger partial charge in [0.25, 0.3) is 5.91 Å². The van der Waals surface area contributed by atoms with Gasteiger partial charge in [0.1, 0.15) is 5.69 Å². The smallest absolute Gasteiger partial charge is 0.272 e. The van der Waals surface area contributed by atoms with Gasteiger partial charge in [0.2, 0.25) is 0 Å². The van der Waals surface area contributed by atoms with Crippen molar-refractivity contribution in [3.05, 3.63) is 53.9 Å². The number of carbonyl (C=O) groups is 1. The zero-order valence-corrected chi connectivity index (χ0v) is 12.2. The normalized spacial score (nSPS) is 9.81. The Morgan fingerprint density at radius 1 is 1.10 bits per heavy atom. The monoisotopic (exact) mass is 280 g/mol. The minimum absolute atomic E-state index is 0.134. The Labute approximate surface area is 124 Å². The summed E-state index contributed by atoms with van der Waals surface area (Å²) in [6.45, 7) is 0. The molecule has 1 aromatic carbocycles. The van der Waals surface area contributed by atoms with Crippen LogP contribution in [0.3, 0.4) is 0 Å². The molecular formula is C16H16N4O. The van der Waals surface area contributed by atoms with Gasteiger partial charge in [-0.15, -0.1) is 0 Å². The highest BCUT2D eigenvalue weighted by Crippen LogP contribution is 2.24. The summed E-state index contributed by atoms with van der Waals surface area (Å²) in [4.78, 5) is 19.5. The van der Waals surface area contributed by atoms with Crippen LogP contribution in [0.2, 0.25) is 0 Å². The molecule has 0 atom stereocenters. The van der Waals surface area contributed by atoms with Crippen molar-refractivity contribution in [1.82, 2.24) is 9.88 Å². The highest BCUT2D eigenvalue weighted by atomic mass is 16.2. The lowest BCUT2D eigenvalue weighted by atomic mass is 10.2. The van der Waals surface area contributed by atoms with Crippen molar-refractivity contribution in [2.24, 2.45) is 0 Å². The van der Waals surface area contributed by atoms with Crippen LogP contribution in [0.5, 0.6) is 0 Å². The minimum atomic E-state index is -0.134. The fraction of sp³-hybridized carbons (Fsp3) is 0.188. The largest absolute Gasteiger partial charge is 0.345 e. The first-order valence-electron chi connectivity index (χ1n) is 6.44. The van der Waals surface area contributed by atoms with Crippen molar-refractivity contribution >= 4 is 17.3 Å². The van der Waals surface area contributed by atoms with Crippen LogP contribution in [0.4, 0.5) is 11.4 Å². The van der Waals surface area contributed by atoms with Crippen LogP contribution in [0.25, 0.3) is 0 Å². The third-order valence-corrected chi connectivity index (χ3v) is 3.14. The van der Waals surface area contributed by atoms with Crippen LogP contribution in [-0.4, -0.2) is 36.9 Å². The van der Waals surface area contributed by atoms with Gasteiger partial charge in [0.15, 0.2) is 0 Å². The van der Waals surface area contributed by atoms with Crippen molar-refractivity contribution in [3.63, 3.8) is 0 Å². The summed E-state index contributed by atoms with van der Waals surface area (Å²) in [6, 6.07) is 12.9. The predicted octanol–water partition coefficient (Wildman–Crippen LogP) is 2.42. The van der Waals surface area contributed by atoms with E-state index in [-0.39, 0.29) is 5.91 Å². The number of pyridine rings is 1. The van der Waals surface area contributed by atoms with Crippen LogP contribution in [0, 0.1) is 11.3 Å². The molecule has 1 aromatic heterocycles. The van der Waals surface area contributed by atoms with E-state index in [1.807, 2.05) is 30.1 Å². The number of anilines is 2. The number of nitriles is 1. The SMILES string of the molecule is CN(C)C(=O)c1cc(N(C)c2ccc(C#N)cc2)ccn1. The summed E-state index contributed by atoms with van der Waals surface area (Å²) in [5, 5.41) is 8.82. The van der Waals surface area contributed by atoms with Crippen molar-refractivity contribution in [2.75, 3.05) is 26.0 Å². The highest BCUT2D eigenvalue weighted by Gasteiger charge is 2.12. The molecule has 0 radical (unpaired) electrons. The lowest BCUT2D eigenvalue weighted by Gasteiger charge is -2.20. The van der Waals surface area contributed by atoms with E-state index in [9.17, 15) is 4.79 Å². The Morgan fingerprint density at radius 3 is 2.33 bits per heavy atom. The van der Waals surface area contributed by atoms with Gasteiger partial charge < -0.3 is 9.80 Å². The summed E-state index contributed by atoms with van der Waals surface area (Å²) in [7, 11) is 5.29. The number of aromatic nitrogens is 1. The van der Waals surface area contributed by atoms with Crippen LogP contribution < -0.4 is 4.90 Å². The Balaban J connectivity index is 2.30. The van der Waals surface area contributed by atoms with Crippen LogP contribution >= 0.6 is 0 Å². The van der Waals surface area contributed by atoms with Gasteiger partial charge in [-0.25, -0.2) is 0 Å². The Kier molecular flexibility index (Phi) is 4.19. The summed E-state index contributed by atoms with van der Waals surface area (Å²) in [6.07, 6.45) is 1.62. The molecule has 0 spiro atoms. The van der Waals surface area contributed by atoms with Crippen LogP contribution in [0.15, 0.2) is 42.6 Å². The number of benzene rings is 1. The first-order chi connectivity index (χ1) is 10.0. The molecular weight excluding hydrogens is 264 g/mol. The molecule has 1 amide bonds. The lowest BCUT2D eigenvalue weighted by molar-refractivity contribution is 0.0822. The van der Waals surface area contributed by atoms with Gasteiger partial charge in [-0.1, -0.05) is 0 Å². The zero-order valence-electron chi connectivity index (χ0n) is 12.2. The molecule has 106 valence electrons. The molecule has 0 fully saturated rings. The molecule has 21 heavy (non-hydrogen) atoms. The number of amides is 1. The van der Waals surface area contributed by atoms with E-state index in [0.717, 1.165) is 11.4 Å². The fourth-order valence-electron chi connectivity index (χ4n) is 1.88. The number of hydrogen-bond donors (Lipinski definition) is 0. The second-order valence-electron chi connectivity index (χ2n) is 4.82. The molecule has 0 saturated carbocycles. The molecule has 0 bridgehead atoms. The molecule has 0 unspecified atom stereocenters. The van der Waals surface area contributed by atoms with E-state index < -0.39 is 0 Å². The number of nitrogens with zero attached hydrogens (tertiary/aromatic N) is 4. The number of rotatable bonds is 3. The molecule has 0 aliphatic heterocycles. The zero-order chi connectivity index (χ0) is 15.4. The van der Waals surface area contributed by atoms with E-state index in [0.29, 0.717) is 11.3 Å². The second-order valence-corrected chi connectivity index (χ2v) is 4.82. The first-order valence-corrected chi connectivity index (χ1v) is 6.44. The molecule has 5 nitrogen and oxygen atoms in total. The van der Waals surface area contributed by atoms with E-state index in [4.69, 9.17) is 5.26 Å². The van der Waals surface area contributed by atoms with Gasteiger partial charge in [-0.2, -0.15) is 5.26 Å². The number of hydrogen-bond acceptors (Lipinski definition) is 4. The standard InChI is InChI=1S/C16H16N4O/c1-19(2)16(21)15-10-14(8-9-18-15)20(3)13-6-4-12(11-17)5-7-13/h4-10H,1-3H3. The molecule has 0 N–H and O–H groups in total. The quantitative estimate of drug-likeness (QED) is 0.866. The topological polar surface area (TPSA) is 60.2 Å². The van der Waals surface area contributed by atoms with Gasteiger partial charge in [-0.3, -0.25) is 9.78 Å². The van der Waals surface area contributed by atoms with E-state index in [1.165, 1.54) is 4.90 Å². The fourth-order valence-corrected chi connectivity index (χ4v) is 1.88. The van der Waals surface area contributed by atoms with Crippen molar-refractivity contribution in [1.29, 1.82) is 5.26 Å². The molecule has 0 saturated heterocycles. The van der Waals surface area contributed by atoms with Crippen LogP contribution in [-0.2, 0) is 0 Å². The summed E-state index contributed by atoms with van der Waals surface area (Å²) < 4.78 is 0. The van der Waals surface area contributed by atoms with Crippen molar-refractivity contribution in [3.8, 4) is 6.07 Å². The van der Waals surface area contributed by atoms with Gasteiger partial charge in [0, 0.05) is 38.7 Å². The van der Waals surface area contributed by atoms with E-state index >= 15 is 0 Å². The molecule has 2 rings (SSSR count). The highest BCUT2D eigenvalue weighted by molar-refractivity contribution is 5.93. The summed E-state index contributed by atoms with van der Waals surface area (Å²) >= 11 is 0. The summed E-state index contributed by atoms with van der Waals surface area (Å²) in [5.41, 5.74) is 2.81. The van der Waals surface area contributed by atoms with Gasteiger partial charge in [-0.05, 0) is 36.4 Å². The van der Waals surface area contributed by atoms with E-state index in [1.54, 1.807) is 38.5 Å². The third-order valence-electron chi connectivity index (χ3n) is 3.14. The molecule has 0 aliphatic rings. The maximum atomic E-state index is 11.9. The maximum absolute atomic E-state index is 11.9. The maximum Gasteiger partial charge on any atom is 0.272 e. The first kappa shape index (κ1) is 14.5. The molecule has 2 aromatic rings. The van der Waals surface area contributed by atoms with Crippen molar-refractivity contribution < 1.29 is 4.79 Å². The second kappa shape index (κ2) is 6.06. The van der Waals surface area contributed by atoms with Crippen molar-refractivity contribution in [2.45, 2.75) is 0 Å². The average Bonchev–Trinajstić information content (AvgIpc) is 2.53. The van der Waals surface area contributed by atoms with Crippen LogP contribution in [0.1, 0.15) is 16.1 Å². The predicted molar refractivity (Wildman–Crippen MR) is 81.5 cm³/mol. The lowest BCUT2D eigenvalue weighted by Crippen LogP contribution is -2.23. The van der Waals surface area contributed by atoms with Gasteiger partial charge in [0.05, 0.1) is 11.6 Å². The molecule has 5 heteroatoms. The molecule has 1 heterocycles. The van der Waals surface area contributed by atoms with E-state index in [2.05, 4.69) is 11.1 Å². The Hall–Kier alpha value is -2.87.